The summed E-state index contributed by atoms with van der Waals surface area (Å²) in [6, 6.07) is 0.379. The number of amides is 1. The number of piperidine rings is 1. The van der Waals surface area contributed by atoms with Gasteiger partial charge in [-0.05, 0) is 32.4 Å². The third-order valence-electron chi connectivity index (χ3n) is 3.66. The maximum Gasteiger partial charge on any atom is 0.273 e. The predicted molar refractivity (Wildman–Crippen MR) is 83.4 cm³/mol. The third kappa shape index (κ3) is 4.39. The molecule has 21 heavy (non-hydrogen) atoms. The molecule has 0 radical (unpaired) electrons. The highest BCUT2D eigenvalue weighted by atomic mass is 16.2. The van der Waals surface area contributed by atoms with E-state index in [1.165, 1.54) is 30.5 Å². The molecule has 0 saturated carbocycles. The molecule has 116 valence electrons. The summed E-state index contributed by atoms with van der Waals surface area (Å²) in [4.78, 5) is 24.4. The van der Waals surface area contributed by atoms with Crippen LogP contribution in [0.3, 0.4) is 0 Å². The summed E-state index contributed by atoms with van der Waals surface area (Å²) in [5.41, 5.74) is 0.381. The van der Waals surface area contributed by atoms with Crippen LogP contribution < -0.4 is 5.32 Å². The van der Waals surface area contributed by atoms with E-state index in [1.54, 1.807) is 20.3 Å². The first-order valence-corrected chi connectivity index (χ1v) is 7.62. The van der Waals surface area contributed by atoms with E-state index in [1.807, 2.05) is 0 Å². The Morgan fingerprint density at radius 1 is 1.48 bits per heavy atom. The minimum Gasteiger partial charge on any atom is -0.365 e. The molecule has 0 spiro atoms. The van der Waals surface area contributed by atoms with Gasteiger partial charge in [0.15, 0.2) is 0 Å². The van der Waals surface area contributed by atoms with Crippen LogP contribution in [0.25, 0.3) is 0 Å². The van der Waals surface area contributed by atoms with Gasteiger partial charge in [0.1, 0.15) is 11.5 Å². The fraction of sp³-hybridized carbons (Fsp3) is 0.667. The quantitative estimate of drug-likeness (QED) is 0.890. The highest BCUT2D eigenvalue weighted by Gasteiger charge is 2.20. The van der Waals surface area contributed by atoms with Gasteiger partial charge in [0.2, 0.25) is 0 Å². The molecule has 2 heterocycles. The van der Waals surface area contributed by atoms with Crippen LogP contribution in [-0.4, -0.2) is 65.4 Å². The van der Waals surface area contributed by atoms with Crippen molar-refractivity contribution in [2.24, 2.45) is 0 Å². The number of hydrogen-bond donors (Lipinski definition) is 1. The first-order valence-electron chi connectivity index (χ1n) is 7.62. The Balaban J connectivity index is 1.99. The van der Waals surface area contributed by atoms with Crippen LogP contribution in [0.15, 0.2) is 12.4 Å². The first-order chi connectivity index (χ1) is 10.1. The molecule has 6 nitrogen and oxygen atoms in total. The second kappa shape index (κ2) is 7.36. The Hall–Kier alpha value is -1.69. The van der Waals surface area contributed by atoms with E-state index < -0.39 is 0 Å². The van der Waals surface area contributed by atoms with E-state index in [4.69, 9.17) is 0 Å². The molecule has 1 aromatic rings. The Labute approximate surface area is 126 Å². The fourth-order valence-electron chi connectivity index (χ4n) is 2.67. The van der Waals surface area contributed by atoms with Gasteiger partial charge in [0, 0.05) is 26.7 Å². The van der Waals surface area contributed by atoms with Crippen molar-refractivity contribution in [3.05, 3.63) is 18.1 Å². The summed E-state index contributed by atoms with van der Waals surface area (Å²) in [6.07, 6.45) is 6.71. The summed E-state index contributed by atoms with van der Waals surface area (Å²) >= 11 is 0. The van der Waals surface area contributed by atoms with E-state index in [9.17, 15) is 4.79 Å². The highest BCUT2D eigenvalue weighted by molar-refractivity contribution is 5.91. The van der Waals surface area contributed by atoms with Gasteiger partial charge in [-0.1, -0.05) is 6.92 Å². The Bertz CT molecular complexity index is 475. The molecular formula is C15H25N5O. The summed E-state index contributed by atoms with van der Waals surface area (Å²) in [6.45, 7) is 5.56. The SMILES string of the molecule is CCCN1CCCC(Nc2cncc(C(=O)N(C)C)n2)C1. The van der Waals surface area contributed by atoms with Crippen LogP contribution in [0.2, 0.25) is 0 Å². The zero-order valence-corrected chi connectivity index (χ0v) is 13.2. The number of aromatic nitrogens is 2. The molecule has 1 aliphatic heterocycles. The van der Waals surface area contributed by atoms with Crippen molar-refractivity contribution in [1.29, 1.82) is 0 Å². The Morgan fingerprint density at radius 3 is 3.00 bits per heavy atom. The Kier molecular flexibility index (Phi) is 5.50. The number of carbonyl (C=O) groups is 1. The second-order valence-corrected chi connectivity index (χ2v) is 5.77. The molecule has 1 saturated heterocycles. The normalized spacial score (nSPS) is 19.3. The van der Waals surface area contributed by atoms with Gasteiger partial charge in [-0.15, -0.1) is 0 Å². The molecule has 0 aromatic carbocycles. The first kappa shape index (κ1) is 15.7. The molecule has 1 atom stereocenters. The molecular weight excluding hydrogens is 266 g/mol. The van der Waals surface area contributed by atoms with Crippen LogP contribution in [0.1, 0.15) is 36.7 Å². The molecule has 1 aliphatic rings. The molecule has 1 fully saturated rings. The molecule has 1 unspecified atom stereocenters. The van der Waals surface area contributed by atoms with Crippen LogP contribution in [0.5, 0.6) is 0 Å². The molecule has 6 heteroatoms. The highest BCUT2D eigenvalue weighted by Crippen LogP contribution is 2.15. The largest absolute Gasteiger partial charge is 0.365 e. The summed E-state index contributed by atoms with van der Waals surface area (Å²) in [5, 5.41) is 3.42. The monoisotopic (exact) mass is 291 g/mol. The lowest BCUT2D eigenvalue weighted by Gasteiger charge is -2.33. The molecule has 1 amide bonds. The van der Waals surface area contributed by atoms with Gasteiger partial charge in [-0.25, -0.2) is 4.98 Å². The molecule has 0 aliphatic carbocycles. The van der Waals surface area contributed by atoms with Crippen molar-refractivity contribution in [2.75, 3.05) is 39.0 Å². The van der Waals surface area contributed by atoms with E-state index in [0.29, 0.717) is 17.6 Å². The molecule has 1 N–H and O–H groups in total. The van der Waals surface area contributed by atoms with Crippen LogP contribution in [0, 0.1) is 0 Å². The van der Waals surface area contributed by atoms with Crippen LogP contribution >= 0.6 is 0 Å². The lowest BCUT2D eigenvalue weighted by molar-refractivity contribution is 0.0821. The van der Waals surface area contributed by atoms with Gasteiger partial charge in [0.25, 0.3) is 5.91 Å². The summed E-state index contributed by atoms with van der Waals surface area (Å²) in [5.74, 6) is 0.563. The van der Waals surface area contributed by atoms with Gasteiger partial charge >= 0.3 is 0 Å². The number of nitrogens with zero attached hydrogens (tertiary/aromatic N) is 4. The molecule has 1 aromatic heterocycles. The van der Waals surface area contributed by atoms with Gasteiger partial charge in [-0.2, -0.15) is 0 Å². The summed E-state index contributed by atoms with van der Waals surface area (Å²) < 4.78 is 0. The maximum absolute atomic E-state index is 11.9. The van der Waals surface area contributed by atoms with Crippen molar-refractivity contribution >= 4 is 11.7 Å². The second-order valence-electron chi connectivity index (χ2n) is 5.77. The number of likely N-dealkylation sites (tertiary alicyclic amines) is 1. The number of hydrogen-bond acceptors (Lipinski definition) is 5. The fourth-order valence-corrected chi connectivity index (χ4v) is 2.67. The number of anilines is 1. The lowest BCUT2D eigenvalue weighted by Crippen LogP contribution is -2.42. The summed E-state index contributed by atoms with van der Waals surface area (Å²) in [7, 11) is 3.43. The van der Waals surface area contributed by atoms with Crippen molar-refractivity contribution in [2.45, 2.75) is 32.2 Å². The minimum absolute atomic E-state index is 0.123. The minimum atomic E-state index is -0.123. The van der Waals surface area contributed by atoms with E-state index in [-0.39, 0.29) is 5.91 Å². The van der Waals surface area contributed by atoms with Gasteiger partial charge in [0.05, 0.1) is 12.4 Å². The third-order valence-corrected chi connectivity index (χ3v) is 3.66. The average Bonchev–Trinajstić information content (AvgIpc) is 2.47. The molecule has 2 rings (SSSR count). The van der Waals surface area contributed by atoms with E-state index in [2.05, 4.69) is 27.1 Å². The van der Waals surface area contributed by atoms with Gasteiger partial charge < -0.3 is 15.1 Å². The molecule has 0 bridgehead atoms. The van der Waals surface area contributed by atoms with E-state index in [0.717, 1.165) is 19.5 Å². The van der Waals surface area contributed by atoms with E-state index >= 15 is 0 Å². The number of rotatable bonds is 5. The predicted octanol–water partition coefficient (Wildman–Crippen LogP) is 1.46. The zero-order valence-electron chi connectivity index (χ0n) is 13.2. The van der Waals surface area contributed by atoms with Crippen LogP contribution in [0.4, 0.5) is 5.82 Å². The lowest BCUT2D eigenvalue weighted by atomic mass is 10.1. The maximum atomic E-state index is 11.9. The van der Waals surface area contributed by atoms with Gasteiger partial charge in [-0.3, -0.25) is 9.78 Å². The number of nitrogens with one attached hydrogen (secondary N) is 1. The van der Waals surface area contributed by atoms with Crippen molar-refractivity contribution in [3.8, 4) is 0 Å². The van der Waals surface area contributed by atoms with Crippen LogP contribution in [-0.2, 0) is 0 Å². The zero-order chi connectivity index (χ0) is 15.2. The Morgan fingerprint density at radius 2 is 2.29 bits per heavy atom. The smallest absolute Gasteiger partial charge is 0.273 e. The standard InChI is InChI=1S/C15H25N5O/c1-4-7-20-8-5-6-12(11-20)17-14-10-16-9-13(18-14)15(21)19(2)3/h9-10,12H,4-8,11H2,1-3H3,(H,17,18). The average molecular weight is 291 g/mol. The number of carbonyl (C=O) groups excluding carboxylic acids is 1. The topological polar surface area (TPSA) is 61.4 Å². The van der Waals surface area contributed by atoms with Crippen molar-refractivity contribution in [3.63, 3.8) is 0 Å². The van der Waals surface area contributed by atoms with Crippen molar-refractivity contribution in [1.82, 2.24) is 19.8 Å². The van der Waals surface area contributed by atoms with Crippen molar-refractivity contribution < 1.29 is 4.79 Å².